The van der Waals surface area contributed by atoms with Gasteiger partial charge in [0.1, 0.15) is 6.54 Å². The lowest BCUT2D eigenvalue weighted by atomic mass is 10.1. The van der Waals surface area contributed by atoms with Crippen LogP contribution in [0.5, 0.6) is 0 Å². The lowest BCUT2D eigenvalue weighted by Gasteiger charge is -2.32. The quantitative estimate of drug-likeness (QED) is 0.207. The maximum Gasteiger partial charge on any atom is 0.416 e. The molecule has 0 fully saturated rings. The van der Waals surface area contributed by atoms with E-state index in [4.69, 9.17) is 0 Å². The predicted molar refractivity (Wildman–Crippen MR) is 152 cm³/mol. The molecular formula is C32H40F3N3O2. The predicted octanol–water partition coefficient (Wildman–Crippen LogP) is 7.32. The Labute approximate surface area is 235 Å². The zero-order chi connectivity index (χ0) is 29.3. The van der Waals surface area contributed by atoms with Crippen molar-refractivity contribution in [2.75, 3.05) is 13.1 Å². The topological polar surface area (TPSA) is 45.6 Å². The van der Waals surface area contributed by atoms with Gasteiger partial charge in [0.2, 0.25) is 5.91 Å². The summed E-state index contributed by atoms with van der Waals surface area (Å²) < 4.78 is 42.1. The highest BCUT2D eigenvalue weighted by molar-refractivity contribution is 5.96. The summed E-state index contributed by atoms with van der Waals surface area (Å²) in [5.41, 5.74) is 2.40. The SMILES string of the molecule is CCCCCN(CC(=O)N(Cc1cccn1Cc1ccccc1C)[C@@H](C)CC)C(=O)c1cccc(C(F)(F)F)c1. The maximum absolute atomic E-state index is 13.7. The van der Waals surface area contributed by atoms with E-state index in [0.717, 1.165) is 37.1 Å². The Morgan fingerprint density at radius 3 is 2.40 bits per heavy atom. The first-order valence-corrected chi connectivity index (χ1v) is 14.0. The van der Waals surface area contributed by atoms with E-state index in [1.54, 1.807) is 4.90 Å². The third-order valence-electron chi connectivity index (χ3n) is 7.38. The minimum atomic E-state index is -4.56. The van der Waals surface area contributed by atoms with Crippen molar-refractivity contribution in [3.8, 4) is 0 Å². The fourth-order valence-corrected chi connectivity index (χ4v) is 4.67. The first kappa shape index (κ1) is 31.0. The number of aryl methyl sites for hydroxylation is 1. The van der Waals surface area contributed by atoms with Crippen molar-refractivity contribution >= 4 is 11.8 Å². The van der Waals surface area contributed by atoms with Gasteiger partial charge in [-0.1, -0.05) is 57.0 Å². The number of nitrogens with zero attached hydrogens (tertiary/aromatic N) is 3. The Morgan fingerprint density at radius 2 is 1.73 bits per heavy atom. The van der Waals surface area contributed by atoms with E-state index in [2.05, 4.69) is 23.6 Å². The molecule has 40 heavy (non-hydrogen) atoms. The van der Waals surface area contributed by atoms with Crippen LogP contribution in [0.15, 0.2) is 66.9 Å². The molecule has 3 rings (SSSR count). The van der Waals surface area contributed by atoms with Crippen LogP contribution in [0.25, 0.3) is 0 Å². The van der Waals surface area contributed by atoms with Gasteiger partial charge in [-0.3, -0.25) is 9.59 Å². The summed E-state index contributed by atoms with van der Waals surface area (Å²) in [5, 5.41) is 0. The van der Waals surface area contributed by atoms with Crippen LogP contribution in [0, 0.1) is 6.92 Å². The summed E-state index contributed by atoms with van der Waals surface area (Å²) >= 11 is 0. The molecule has 1 aromatic heterocycles. The molecule has 0 aliphatic rings. The zero-order valence-corrected chi connectivity index (χ0v) is 23.9. The van der Waals surface area contributed by atoms with Crippen LogP contribution in [0.2, 0.25) is 0 Å². The van der Waals surface area contributed by atoms with Crippen LogP contribution in [0.1, 0.15) is 79.2 Å². The highest BCUT2D eigenvalue weighted by Crippen LogP contribution is 2.30. The molecule has 8 heteroatoms. The van der Waals surface area contributed by atoms with E-state index in [0.29, 0.717) is 26.1 Å². The number of aromatic nitrogens is 1. The normalized spacial score (nSPS) is 12.3. The van der Waals surface area contributed by atoms with Gasteiger partial charge in [-0.15, -0.1) is 0 Å². The molecule has 0 N–H and O–H groups in total. The van der Waals surface area contributed by atoms with Crippen LogP contribution in [0.3, 0.4) is 0 Å². The second-order valence-corrected chi connectivity index (χ2v) is 10.3. The number of carbonyl (C=O) groups excluding carboxylic acids is 2. The van der Waals surface area contributed by atoms with Crippen molar-refractivity contribution < 1.29 is 22.8 Å². The summed E-state index contributed by atoms with van der Waals surface area (Å²) in [7, 11) is 0. The van der Waals surface area contributed by atoms with E-state index in [1.807, 2.05) is 51.2 Å². The van der Waals surface area contributed by atoms with Crippen LogP contribution in [-0.4, -0.2) is 45.3 Å². The van der Waals surface area contributed by atoms with Crippen LogP contribution in [-0.2, 0) is 24.1 Å². The summed E-state index contributed by atoms with van der Waals surface area (Å²) in [4.78, 5) is 30.3. The molecule has 216 valence electrons. The van der Waals surface area contributed by atoms with Gasteiger partial charge < -0.3 is 14.4 Å². The second-order valence-electron chi connectivity index (χ2n) is 10.3. The smallest absolute Gasteiger partial charge is 0.345 e. The van der Waals surface area contributed by atoms with E-state index in [9.17, 15) is 22.8 Å². The van der Waals surface area contributed by atoms with Crippen molar-refractivity contribution in [3.63, 3.8) is 0 Å². The number of rotatable bonds is 13. The monoisotopic (exact) mass is 555 g/mol. The summed E-state index contributed by atoms with van der Waals surface area (Å²) in [5.74, 6) is -0.794. The Bertz CT molecular complexity index is 1270. The van der Waals surface area contributed by atoms with Gasteiger partial charge in [-0.2, -0.15) is 13.2 Å². The van der Waals surface area contributed by atoms with E-state index in [1.165, 1.54) is 28.2 Å². The van der Waals surface area contributed by atoms with Gasteiger partial charge in [0, 0.05) is 36.6 Å². The van der Waals surface area contributed by atoms with Crippen molar-refractivity contribution in [2.45, 2.75) is 78.7 Å². The molecule has 3 aromatic rings. The van der Waals surface area contributed by atoms with Crippen LogP contribution >= 0.6 is 0 Å². The number of alkyl halides is 3. The van der Waals surface area contributed by atoms with Crippen molar-refractivity contribution in [1.82, 2.24) is 14.4 Å². The molecule has 0 aliphatic heterocycles. The number of halogens is 3. The molecule has 5 nitrogen and oxygen atoms in total. The summed E-state index contributed by atoms with van der Waals surface area (Å²) in [6.45, 7) is 9.23. The third kappa shape index (κ3) is 8.23. The number of hydrogen-bond acceptors (Lipinski definition) is 2. The van der Waals surface area contributed by atoms with Gasteiger partial charge in [-0.25, -0.2) is 0 Å². The lowest BCUT2D eigenvalue weighted by Crippen LogP contribution is -2.46. The molecule has 2 amide bonds. The summed E-state index contributed by atoms with van der Waals surface area (Å²) in [6, 6.07) is 16.5. The molecule has 0 saturated heterocycles. The van der Waals surface area contributed by atoms with E-state index >= 15 is 0 Å². The Hall–Kier alpha value is -3.55. The Morgan fingerprint density at radius 1 is 0.975 bits per heavy atom. The molecule has 1 heterocycles. The molecule has 1 atom stereocenters. The van der Waals surface area contributed by atoms with Gasteiger partial charge in [0.05, 0.1) is 12.1 Å². The van der Waals surface area contributed by atoms with Crippen LogP contribution in [0.4, 0.5) is 13.2 Å². The molecule has 0 saturated carbocycles. The zero-order valence-electron chi connectivity index (χ0n) is 23.9. The molecule has 0 bridgehead atoms. The van der Waals surface area contributed by atoms with E-state index < -0.39 is 17.6 Å². The van der Waals surface area contributed by atoms with Crippen LogP contribution < -0.4 is 0 Å². The van der Waals surface area contributed by atoms with Crippen molar-refractivity contribution in [3.05, 3.63) is 94.8 Å². The standard InChI is InChI=1S/C32H40F3N3O2/c1-5-7-10-18-37(31(40)26-15-11-16-28(20-26)32(33,34)35)23-30(39)38(25(4)6-2)22-29-17-12-19-36(29)21-27-14-9-8-13-24(27)3/h8-9,11-17,19-20,25H,5-7,10,18,21-23H2,1-4H3/t25-/m0/s1. The Balaban J connectivity index is 1.83. The average Bonchev–Trinajstić information content (AvgIpc) is 3.37. The number of unbranched alkanes of at least 4 members (excludes halogenated alkanes) is 2. The van der Waals surface area contributed by atoms with E-state index in [-0.39, 0.29) is 24.1 Å². The number of hydrogen-bond donors (Lipinski definition) is 0. The minimum Gasteiger partial charge on any atom is -0.345 e. The third-order valence-corrected chi connectivity index (χ3v) is 7.38. The maximum atomic E-state index is 13.7. The first-order chi connectivity index (χ1) is 19.0. The molecule has 0 spiro atoms. The average molecular weight is 556 g/mol. The van der Waals surface area contributed by atoms with Crippen molar-refractivity contribution in [1.29, 1.82) is 0 Å². The van der Waals surface area contributed by atoms with Gasteiger partial charge in [0.15, 0.2) is 0 Å². The lowest BCUT2D eigenvalue weighted by molar-refractivity contribution is -0.137. The number of amides is 2. The molecular weight excluding hydrogens is 515 g/mol. The fourth-order valence-electron chi connectivity index (χ4n) is 4.67. The Kier molecular flexibility index (Phi) is 11.0. The first-order valence-electron chi connectivity index (χ1n) is 14.0. The highest BCUT2D eigenvalue weighted by Gasteiger charge is 2.32. The molecule has 0 radical (unpaired) electrons. The number of benzene rings is 2. The molecule has 2 aromatic carbocycles. The van der Waals surface area contributed by atoms with Gasteiger partial charge >= 0.3 is 6.18 Å². The second kappa shape index (κ2) is 14.2. The molecule has 0 unspecified atom stereocenters. The molecule has 0 aliphatic carbocycles. The number of carbonyl (C=O) groups is 2. The summed E-state index contributed by atoms with van der Waals surface area (Å²) in [6.07, 6.45) is 0.589. The van der Waals surface area contributed by atoms with Gasteiger partial charge in [-0.05, 0) is 68.1 Å². The van der Waals surface area contributed by atoms with Crippen molar-refractivity contribution in [2.24, 2.45) is 0 Å². The minimum absolute atomic E-state index is 0.0682. The fraction of sp³-hybridized carbons (Fsp3) is 0.438. The largest absolute Gasteiger partial charge is 0.416 e. The van der Waals surface area contributed by atoms with Gasteiger partial charge in [0.25, 0.3) is 5.91 Å². The highest BCUT2D eigenvalue weighted by atomic mass is 19.4.